The van der Waals surface area contributed by atoms with Gasteiger partial charge in [0, 0.05) is 17.5 Å². The van der Waals surface area contributed by atoms with Gasteiger partial charge in [-0.05, 0) is 33.0 Å². The highest BCUT2D eigenvalue weighted by Gasteiger charge is 2.16. The molecule has 16 heavy (non-hydrogen) atoms. The van der Waals surface area contributed by atoms with Crippen LogP contribution in [0.5, 0.6) is 0 Å². The van der Waals surface area contributed by atoms with Crippen LogP contribution in [0, 0.1) is 6.92 Å². The average molecular weight is 285 g/mol. The molecule has 0 aliphatic heterocycles. The highest BCUT2D eigenvalue weighted by molar-refractivity contribution is 7.91. The Labute approximate surface area is 107 Å². The molecular weight excluding hydrogens is 268 g/mol. The lowest BCUT2D eigenvalue weighted by molar-refractivity contribution is 0.556. The van der Waals surface area contributed by atoms with Crippen LogP contribution in [0.4, 0.5) is 0 Å². The molecule has 94 valence electrons. The number of aryl methyl sites for hydroxylation is 1. The molecule has 4 nitrogen and oxygen atoms in total. The zero-order valence-corrected chi connectivity index (χ0v) is 11.9. The van der Waals surface area contributed by atoms with Crippen LogP contribution in [0.3, 0.4) is 0 Å². The average Bonchev–Trinajstić information content (AvgIpc) is 2.62. The van der Waals surface area contributed by atoms with E-state index in [1.165, 1.54) is 11.3 Å². The Balaban J connectivity index is 0.00000225. The summed E-state index contributed by atoms with van der Waals surface area (Å²) in [4.78, 5) is 0.997. The van der Waals surface area contributed by atoms with Gasteiger partial charge in [0.1, 0.15) is 4.21 Å². The zero-order valence-electron chi connectivity index (χ0n) is 9.48. The lowest BCUT2D eigenvalue weighted by Crippen LogP contribution is -2.36. The smallest absolute Gasteiger partial charge is 0.250 e. The Hall–Kier alpha value is -0.140. The Bertz CT molecular complexity index is 417. The van der Waals surface area contributed by atoms with Crippen molar-refractivity contribution in [1.82, 2.24) is 10.0 Å². The minimum Gasteiger partial charge on any atom is -0.316 e. The van der Waals surface area contributed by atoms with Crippen LogP contribution in [0.1, 0.15) is 11.8 Å². The van der Waals surface area contributed by atoms with Gasteiger partial charge in [0.05, 0.1) is 0 Å². The number of likely N-dealkylation sites (N-methyl/N-ethyl adjacent to an activating group) is 1. The molecule has 7 heteroatoms. The SMILES string of the molecule is CNC(C)CNS(=O)(=O)c1ccc(C)s1.Cl. The molecular formula is C9H17ClN2O2S2. The number of halogens is 1. The summed E-state index contributed by atoms with van der Waals surface area (Å²) >= 11 is 1.28. The number of thiophene rings is 1. The maximum absolute atomic E-state index is 11.7. The van der Waals surface area contributed by atoms with Crippen LogP contribution in [-0.4, -0.2) is 28.1 Å². The van der Waals surface area contributed by atoms with Crippen molar-refractivity contribution in [3.63, 3.8) is 0 Å². The first kappa shape index (κ1) is 15.9. The van der Waals surface area contributed by atoms with Crippen molar-refractivity contribution in [3.05, 3.63) is 17.0 Å². The van der Waals surface area contributed by atoms with Gasteiger partial charge in [-0.1, -0.05) is 0 Å². The van der Waals surface area contributed by atoms with Crippen molar-refractivity contribution in [2.24, 2.45) is 0 Å². The molecule has 0 saturated heterocycles. The molecule has 0 fully saturated rings. The number of nitrogens with one attached hydrogen (secondary N) is 2. The molecule has 0 radical (unpaired) electrons. The summed E-state index contributed by atoms with van der Waals surface area (Å²) in [6.45, 7) is 4.21. The number of hydrogen-bond acceptors (Lipinski definition) is 4. The van der Waals surface area contributed by atoms with Gasteiger partial charge < -0.3 is 5.32 Å². The number of sulfonamides is 1. The fourth-order valence-electron chi connectivity index (χ4n) is 0.964. The van der Waals surface area contributed by atoms with Gasteiger partial charge >= 0.3 is 0 Å². The largest absolute Gasteiger partial charge is 0.316 e. The first-order valence-electron chi connectivity index (χ1n) is 4.69. The Kier molecular flexibility index (Phi) is 6.50. The van der Waals surface area contributed by atoms with E-state index in [2.05, 4.69) is 10.0 Å². The molecule has 1 atom stereocenters. The molecule has 0 aromatic carbocycles. The van der Waals surface area contributed by atoms with E-state index in [9.17, 15) is 8.42 Å². The molecule has 1 aromatic heterocycles. The van der Waals surface area contributed by atoms with Crippen molar-refractivity contribution in [1.29, 1.82) is 0 Å². The second-order valence-electron chi connectivity index (χ2n) is 3.41. The van der Waals surface area contributed by atoms with Crippen LogP contribution in [0.2, 0.25) is 0 Å². The van der Waals surface area contributed by atoms with Gasteiger partial charge in [-0.3, -0.25) is 0 Å². The summed E-state index contributed by atoms with van der Waals surface area (Å²) in [5.74, 6) is 0. The predicted octanol–water partition coefficient (Wildman–Crippen LogP) is 1.36. The molecule has 0 amide bonds. The van der Waals surface area contributed by atoms with Crippen molar-refractivity contribution < 1.29 is 8.42 Å². The van der Waals surface area contributed by atoms with E-state index < -0.39 is 10.0 Å². The first-order valence-corrected chi connectivity index (χ1v) is 6.99. The van der Waals surface area contributed by atoms with Crippen LogP contribution in [0.25, 0.3) is 0 Å². The van der Waals surface area contributed by atoms with Crippen LogP contribution >= 0.6 is 23.7 Å². The maximum atomic E-state index is 11.7. The third kappa shape index (κ3) is 4.39. The molecule has 0 aliphatic carbocycles. The molecule has 1 unspecified atom stereocenters. The second kappa shape index (κ2) is 6.56. The van der Waals surface area contributed by atoms with Crippen LogP contribution in [0.15, 0.2) is 16.3 Å². The van der Waals surface area contributed by atoms with Gasteiger partial charge in [-0.2, -0.15) is 0 Å². The molecule has 0 saturated carbocycles. The van der Waals surface area contributed by atoms with Crippen LogP contribution < -0.4 is 10.0 Å². The third-order valence-corrected chi connectivity index (χ3v) is 4.97. The van der Waals surface area contributed by atoms with Gasteiger partial charge in [0.25, 0.3) is 0 Å². The molecule has 1 aromatic rings. The topological polar surface area (TPSA) is 58.2 Å². The van der Waals surface area contributed by atoms with Gasteiger partial charge in [-0.15, -0.1) is 23.7 Å². The van der Waals surface area contributed by atoms with E-state index in [4.69, 9.17) is 0 Å². The highest BCUT2D eigenvalue weighted by Crippen LogP contribution is 2.19. The molecule has 2 N–H and O–H groups in total. The standard InChI is InChI=1S/C9H16N2O2S2.ClH/c1-7(10-3)6-11-15(12,13)9-5-4-8(2)14-9;/h4-5,7,10-11H,6H2,1-3H3;1H. The highest BCUT2D eigenvalue weighted by atomic mass is 35.5. The van der Waals surface area contributed by atoms with Crippen LogP contribution in [-0.2, 0) is 10.0 Å². The van der Waals surface area contributed by atoms with E-state index in [0.717, 1.165) is 4.88 Å². The quantitative estimate of drug-likeness (QED) is 0.858. The molecule has 0 bridgehead atoms. The zero-order chi connectivity index (χ0) is 11.5. The Morgan fingerprint density at radius 1 is 1.44 bits per heavy atom. The fourth-order valence-corrected chi connectivity index (χ4v) is 3.42. The summed E-state index contributed by atoms with van der Waals surface area (Å²) < 4.78 is 26.4. The third-order valence-electron chi connectivity index (χ3n) is 2.05. The molecule has 0 spiro atoms. The van der Waals surface area contributed by atoms with Gasteiger partial charge in [-0.25, -0.2) is 13.1 Å². The number of rotatable bonds is 5. The van der Waals surface area contributed by atoms with Crippen molar-refractivity contribution >= 4 is 33.8 Å². The van der Waals surface area contributed by atoms with E-state index >= 15 is 0 Å². The summed E-state index contributed by atoms with van der Waals surface area (Å²) in [5.41, 5.74) is 0. The Morgan fingerprint density at radius 3 is 2.50 bits per heavy atom. The Morgan fingerprint density at radius 2 is 2.06 bits per heavy atom. The number of hydrogen-bond donors (Lipinski definition) is 2. The van der Waals surface area contributed by atoms with Crippen molar-refractivity contribution in [2.45, 2.75) is 24.1 Å². The normalized spacial score (nSPS) is 13.2. The fraction of sp³-hybridized carbons (Fsp3) is 0.556. The summed E-state index contributed by atoms with van der Waals surface area (Å²) in [6, 6.07) is 3.56. The summed E-state index contributed by atoms with van der Waals surface area (Å²) in [5, 5.41) is 2.97. The first-order chi connectivity index (χ1) is 6.95. The summed E-state index contributed by atoms with van der Waals surface area (Å²) in [6.07, 6.45) is 0. The predicted molar refractivity (Wildman–Crippen MR) is 70.0 cm³/mol. The minimum absolute atomic E-state index is 0. The van der Waals surface area contributed by atoms with Crippen molar-refractivity contribution in [2.75, 3.05) is 13.6 Å². The molecule has 1 heterocycles. The monoisotopic (exact) mass is 284 g/mol. The summed E-state index contributed by atoms with van der Waals surface area (Å²) in [7, 11) is -1.52. The molecule has 0 aliphatic rings. The maximum Gasteiger partial charge on any atom is 0.250 e. The lowest BCUT2D eigenvalue weighted by Gasteiger charge is -2.10. The van der Waals surface area contributed by atoms with E-state index in [1.54, 1.807) is 19.2 Å². The van der Waals surface area contributed by atoms with Crippen molar-refractivity contribution in [3.8, 4) is 0 Å². The van der Waals surface area contributed by atoms with E-state index in [1.807, 2.05) is 13.8 Å². The second-order valence-corrected chi connectivity index (χ2v) is 6.69. The minimum atomic E-state index is -3.32. The van der Waals surface area contributed by atoms with E-state index in [0.29, 0.717) is 10.8 Å². The van der Waals surface area contributed by atoms with E-state index in [-0.39, 0.29) is 18.4 Å². The van der Waals surface area contributed by atoms with Gasteiger partial charge in [0.2, 0.25) is 10.0 Å². The van der Waals surface area contributed by atoms with Gasteiger partial charge in [0.15, 0.2) is 0 Å². The lowest BCUT2D eigenvalue weighted by atomic mass is 10.4. The molecule has 1 rings (SSSR count).